The van der Waals surface area contributed by atoms with E-state index in [1.54, 1.807) is 14.2 Å². The number of methoxy groups -OCH3 is 2. The summed E-state index contributed by atoms with van der Waals surface area (Å²) in [6, 6.07) is 13.7. The standard InChI is InChI=1S/C23H27NO4/c1-26-19-10-8-18(9-11-19)24-15-17(14-23(24)25)16-7-12-21(27-2)22(13-16)28-20-5-3-4-6-20/h7-13,17,20H,3-6,14-15H2,1-2H3. The summed E-state index contributed by atoms with van der Waals surface area (Å²) in [7, 11) is 3.31. The molecule has 1 amide bonds. The molecule has 1 aliphatic heterocycles. The summed E-state index contributed by atoms with van der Waals surface area (Å²) in [5.41, 5.74) is 2.03. The Morgan fingerprint density at radius 1 is 0.929 bits per heavy atom. The molecular formula is C23H27NO4. The Balaban J connectivity index is 1.52. The molecule has 5 nitrogen and oxygen atoms in total. The van der Waals surface area contributed by atoms with Gasteiger partial charge in [-0.25, -0.2) is 0 Å². The molecule has 1 atom stereocenters. The minimum atomic E-state index is 0.143. The fraction of sp³-hybridized carbons (Fsp3) is 0.435. The predicted octanol–water partition coefficient (Wildman–Crippen LogP) is 4.55. The van der Waals surface area contributed by atoms with Gasteiger partial charge >= 0.3 is 0 Å². The summed E-state index contributed by atoms with van der Waals surface area (Å²) in [6.07, 6.45) is 5.41. The van der Waals surface area contributed by atoms with Crippen molar-refractivity contribution in [3.05, 3.63) is 48.0 Å². The van der Waals surface area contributed by atoms with E-state index in [-0.39, 0.29) is 17.9 Å². The van der Waals surface area contributed by atoms with Crippen molar-refractivity contribution in [3.8, 4) is 17.2 Å². The van der Waals surface area contributed by atoms with Gasteiger partial charge in [-0.3, -0.25) is 4.79 Å². The molecule has 0 radical (unpaired) electrons. The number of hydrogen-bond acceptors (Lipinski definition) is 4. The summed E-state index contributed by atoms with van der Waals surface area (Å²) in [5, 5.41) is 0. The topological polar surface area (TPSA) is 48.0 Å². The van der Waals surface area contributed by atoms with E-state index in [1.165, 1.54) is 12.8 Å². The van der Waals surface area contributed by atoms with Crippen LogP contribution < -0.4 is 19.1 Å². The fourth-order valence-electron chi connectivity index (χ4n) is 4.17. The van der Waals surface area contributed by atoms with Gasteiger partial charge in [0.05, 0.1) is 20.3 Å². The van der Waals surface area contributed by atoms with Gasteiger partial charge in [-0.1, -0.05) is 6.07 Å². The molecule has 0 aromatic heterocycles. The molecule has 1 aliphatic carbocycles. The van der Waals surface area contributed by atoms with E-state index in [4.69, 9.17) is 14.2 Å². The van der Waals surface area contributed by atoms with Crippen LogP contribution in [0, 0.1) is 0 Å². The molecule has 0 bridgehead atoms. The van der Waals surface area contributed by atoms with Crippen LogP contribution in [-0.4, -0.2) is 32.8 Å². The van der Waals surface area contributed by atoms with Crippen LogP contribution in [0.4, 0.5) is 5.69 Å². The molecule has 1 saturated heterocycles. The smallest absolute Gasteiger partial charge is 0.227 e. The van der Waals surface area contributed by atoms with Gasteiger partial charge in [0.1, 0.15) is 5.75 Å². The maximum absolute atomic E-state index is 12.6. The zero-order valence-electron chi connectivity index (χ0n) is 16.5. The van der Waals surface area contributed by atoms with Crippen molar-refractivity contribution in [1.82, 2.24) is 0 Å². The van der Waals surface area contributed by atoms with Crippen molar-refractivity contribution >= 4 is 11.6 Å². The van der Waals surface area contributed by atoms with E-state index < -0.39 is 0 Å². The van der Waals surface area contributed by atoms with Crippen LogP contribution in [0.3, 0.4) is 0 Å². The summed E-state index contributed by atoms with van der Waals surface area (Å²) in [6.45, 7) is 0.667. The molecule has 0 N–H and O–H groups in total. The van der Waals surface area contributed by atoms with Gasteiger partial charge in [-0.05, 0) is 67.6 Å². The second-order valence-electron chi connectivity index (χ2n) is 7.54. The predicted molar refractivity (Wildman–Crippen MR) is 109 cm³/mol. The van der Waals surface area contributed by atoms with Crippen molar-refractivity contribution < 1.29 is 19.0 Å². The summed E-state index contributed by atoms with van der Waals surface area (Å²) in [5.74, 6) is 2.63. The van der Waals surface area contributed by atoms with Gasteiger partial charge in [0.15, 0.2) is 11.5 Å². The number of amides is 1. The van der Waals surface area contributed by atoms with E-state index in [0.29, 0.717) is 13.0 Å². The average Bonchev–Trinajstić information content (AvgIpc) is 3.37. The highest BCUT2D eigenvalue weighted by atomic mass is 16.5. The zero-order valence-corrected chi connectivity index (χ0v) is 16.5. The van der Waals surface area contributed by atoms with E-state index in [2.05, 4.69) is 12.1 Å². The third-order valence-electron chi connectivity index (χ3n) is 5.76. The molecule has 4 rings (SSSR count). The number of hydrogen-bond donors (Lipinski definition) is 0. The molecule has 2 aromatic carbocycles. The van der Waals surface area contributed by atoms with E-state index in [9.17, 15) is 4.79 Å². The van der Waals surface area contributed by atoms with Crippen molar-refractivity contribution in [2.24, 2.45) is 0 Å². The molecule has 5 heteroatoms. The van der Waals surface area contributed by atoms with Gasteiger partial charge in [0, 0.05) is 24.6 Å². The van der Waals surface area contributed by atoms with Crippen molar-refractivity contribution in [3.63, 3.8) is 0 Å². The lowest BCUT2D eigenvalue weighted by atomic mass is 9.98. The highest BCUT2D eigenvalue weighted by Gasteiger charge is 2.32. The first-order chi connectivity index (χ1) is 13.7. The van der Waals surface area contributed by atoms with E-state index in [0.717, 1.165) is 41.3 Å². The minimum absolute atomic E-state index is 0.143. The summed E-state index contributed by atoms with van der Waals surface area (Å²) < 4.78 is 16.9. The quantitative estimate of drug-likeness (QED) is 0.737. The third kappa shape index (κ3) is 3.79. The molecule has 1 unspecified atom stereocenters. The molecule has 2 fully saturated rings. The van der Waals surface area contributed by atoms with Crippen molar-refractivity contribution in [2.45, 2.75) is 44.1 Å². The SMILES string of the molecule is COc1ccc(N2CC(c3ccc(OC)c(OC4CCCC4)c3)CC2=O)cc1. The Labute approximate surface area is 166 Å². The summed E-state index contributed by atoms with van der Waals surface area (Å²) in [4.78, 5) is 14.5. The van der Waals surface area contributed by atoms with Crippen LogP contribution >= 0.6 is 0 Å². The molecule has 0 spiro atoms. The summed E-state index contributed by atoms with van der Waals surface area (Å²) >= 11 is 0. The van der Waals surface area contributed by atoms with Gasteiger partial charge in [-0.2, -0.15) is 0 Å². The van der Waals surface area contributed by atoms with Gasteiger partial charge in [-0.15, -0.1) is 0 Å². The largest absolute Gasteiger partial charge is 0.497 e. The Morgan fingerprint density at radius 2 is 1.68 bits per heavy atom. The second-order valence-corrected chi connectivity index (χ2v) is 7.54. The normalized spacial score (nSPS) is 19.9. The molecule has 148 valence electrons. The molecule has 1 saturated carbocycles. The van der Waals surface area contributed by atoms with Crippen molar-refractivity contribution in [1.29, 1.82) is 0 Å². The first-order valence-electron chi connectivity index (χ1n) is 9.97. The molecule has 2 aliphatic rings. The van der Waals surface area contributed by atoms with Gasteiger partial charge < -0.3 is 19.1 Å². The van der Waals surface area contributed by atoms with Crippen LogP contribution in [0.2, 0.25) is 0 Å². The fourth-order valence-corrected chi connectivity index (χ4v) is 4.17. The molecule has 1 heterocycles. The number of anilines is 1. The molecular weight excluding hydrogens is 354 g/mol. The zero-order chi connectivity index (χ0) is 19.5. The van der Waals surface area contributed by atoms with E-state index >= 15 is 0 Å². The average molecular weight is 381 g/mol. The first kappa shape index (κ1) is 18.7. The lowest BCUT2D eigenvalue weighted by molar-refractivity contribution is -0.117. The maximum Gasteiger partial charge on any atom is 0.227 e. The monoisotopic (exact) mass is 381 g/mol. The van der Waals surface area contributed by atoms with Gasteiger partial charge in [0.25, 0.3) is 0 Å². The van der Waals surface area contributed by atoms with Crippen LogP contribution in [0.1, 0.15) is 43.6 Å². The van der Waals surface area contributed by atoms with E-state index in [1.807, 2.05) is 35.2 Å². The minimum Gasteiger partial charge on any atom is -0.497 e. The van der Waals surface area contributed by atoms with Gasteiger partial charge in [0.2, 0.25) is 5.91 Å². The number of nitrogens with zero attached hydrogens (tertiary/aromatic N) is 1. The highest BCUT2D eigenvalue weighted by molar-refractivity contribution is 5.96. The Hall–Kier alpha value is -2.69. The lowest BCUT2D eigenvalue weighted by Crippen LogP contribution is -2.24. The number of carbonyl (C=O) groups is 1. The van der Waals surface area contributed by atoms with Crippen LogP contribution in [0.15, 0.2) is 42.5 Å². The Bertz CT molecular complexity index is 827. The molecule has 28 heavy (non-hydrogen) atoms. The van der Waals surface area contributed by atoms with Crippen molar-refractivity contribution in [2.75, 3.05) is 25.7 Å². The molecule has 2 aromatic rings. The van der Waals surface area contributed by atoms with Crippen LogP contribution in [0.25, 0.3) is 0 Å². The van der Waals surface area contributed by atoms with Crippen LogP contribution in [0.5, 0.6) is 17.2 Å². The Kier molecular flexibility index (Phi) is 5.42. The number of benzene rings is 2. The highest BCUT2D eigenvalue weighted by Crippen LogP contribution is 2.38. The second kappa shape index (κ2) is 8.13. The number of ether oxygens (including phenoxy) is 3. The van der Waals surface area contributed by atoms with Crippen LogP contribution in [-0.2, 0) is 4.79 Å². The third-order valence-corrected chi connectivity index (χ3v) is 5.76. The first-order valence-corrected chi connectivity index (χ1v) is 9.97. The lowest BCUT2D eigenvalue weighted by Gasteiger charge is -2.19. The number of carbonyl (C=O) groups excluding carboxylic acids is 1. The maximum atomic E-state index is 12.6. The Morgan fingerprint density at radius 3 is 2.36 bits per heavy atom. The number of rotatable bonds is 6.